The number of hydrogen-bond acceptors (Lipinski definition) is 4. The van der Waals surface area contributed by atoms with E-state index in [4.69, 9.17) is 0 Å². The van der Waals surface area contributed by atoms with Crippen molar-refractivity contribution in [3.63, 3.8) is 0 Å². The smallest absolute Gasteiger partial charge is 0.322 e. The van der Waals surface area contributed by atoms with Crippen molar-refractivity contribution in [3.8, 4) is 11.5 Å². The molecule has 2 aromatic rings. The molecule has 0 saturated heterocycles. The van der Waals surface area contributed by atoms with Crippen LogP contribution in [0.1, 0.15) is 42.0 Å². The Balaban J connectivity index is 1.81. The molecular weight excluding hydrogens is 376 g/mol. The summed E-state index contributed by atoms with van der Waals surface area (Å²) in [6.45, 7) is 6.96. The number of rotatable bonds is 6. The molecule has 0 aromatic heterocycles. The number of aromatic nitrogens is 4. The van der Waals surface area contributed by atoms with Gasteiger partial charge in [-0.25, -0.2) is 9.78 Å². The Hall–Kier alpha value is -3.28. The third-order valence-corrected chi connectivity index (χ3v) is 5.55. The topological polar surface area (TPSA) is 80.6 Å². The molecule has 0 saturated carbocycles. The van der Waals surface area contributed by atoms with E-state index in [2.05, 4.69) is 72.1 Å². The van der Waals surface area contributed by atoms with E-state index < -0.39 is 11.2 Å². The van der Waals surface area contributed by atoms with Gasteiger partial charge in [0.1, 0.15) is 0 Å². The van der Waals surface area contributed by atoms with Crippen molar-refractivity contribution in [2.24, 2.45) is 0 Å². The minimum absolute atomic E-state index is 0.212. The number of aromatic amines is 1. The molecule has 1 N–H and O–H groups in total. The van der Waals surface area contributed by atoms with Crippen LogP contribution < -0.4 is 11.2 Å². The predicted octanol–water partition coefficient (Wildman–Crippen LogP) is 3.79. The van der Waals surface area contributed by atoms with Gasteiger partial charge in [-0.1, -0.05) is 43.2 Å². The van der Waals surface area contributed by atoms with Crippen molar-refractivity contribution >= 4 is 11.0 Å². The quantitative estimate of drug-likeness (QED) is 0.498. The molecule has 6 nitrogen and oxygen atoms in total. The SMILES string of the molecule is CCCc1cc2nc3c(=O)[nH]c(=O)nc-3n(CCCc3ccc(C)cc3)c2cc1C. The maximum absolute atomic E-state index is 12.4. The van der Waals surface area contributed by atoms with Crippen LogP contribution in [0.5, 0.6) is 0 Å². The number of benzene rings is 2. The molecule has 0 amide bonds. The van der Waals surface area contributed by atoms with Crippen molar-refractivity contribution in [2.45, 2.75) is 53.0 Å². The van der Waals surface area contributed by atoms with Crippen LogP contribution in [0.25, 0.3) is 22.6 Å². The first-order chi connectivity index (χ1) is 14.5. The van der Waals surface area contributed by atoms with Crippen LogP contribution in [0.3, 0.4) is 0 Å². The molecule has 2 aromatic carbocycles. The molecule has 154 valence electrons. The van der Waals surface area contributed by atoms with Crippen LogP contribution in [0.15, 0.2) is 46.0 Å². The summed E-state index contributed by atoms with van der Waals surface area (Å²) in [5, 5.41) is 0. The summed E-state index contributed by atoms with van der Waals surface area (Å²) in [5.74, 6) is 0.350. The lowest BCUT2D eigenvalue weighted by Crippen LogP contribution is -2.29. The summed E-state index contributed by atoms with van der Waals surface area (Å²) in [4.78, 5) is 35.3. The van der Waals surface area contributed by atoms with Gasteiger partial charge in [0.15, 0.2) is 11.5 Å². The zero-order valence-corrected chi connectivity index (χ0v) is 17.7. The first-order valence-electron chi connectivity index (χ1n) is 10.5. The second kappa shape index (κ2) is 8.22. The van der Waals surface area contributed by atoms with Gasteiger partial charge in [0, 0.05) is 6.54 Å². The molecular formula is C24H26N4O2. The van der Waals surface area contributed by atoms with E-state index in [9.17, 15) is 9.59 Å². The molecule has 6 heteroatoms. The van der Waals surface area contributed by atoms with Crippen molar-refractivity contribution < 1.29 is 0 Å². The normalized spacial score (nSPS) is 11.4. The van der Waals surface area contributed by atoms with Crippen molar-refractivity contribution in [2.75, 3.05) is 0 Å². The van der Waals surface area contributed by atoms with Gasteiger partial charge in [-0.2, -0.15) is 4.98 Å². The number of nitrogens with zero attached hydrogens (tertiary/aromatic N) is 3. The van der Waals surface area contributed by atoms with Crippen LogP contribution in [-0.2, 0) is 19.4 Å². The van der Waals surface area contributed by atoms with Gasteiger partial charge in [0.25, 0.3) is 5.56 Å². The maximum Gasteiger partial charge on any atom is 0.349 e. The highest BCUT2D eigenvalue weighted by Gasteiger charge is 2.19. The molecule has 2 aliphatic rings. The van der Waals surface area contributed by atoms with Gasteiger partial charge >= 0.3 is 5.69 Å². The molecule has 0 atom stereocenters. The second-order valence-corrected chi connectivity index (χ2v) is 7.91. The Kier molecular flexibility index (Phi) is 5.48. The Labute approximate surface area is 175 Å². The van der Waals surface area contributed by atoms with Crippen LogP contribution in [0, 0.1) is 13.8 Å². The predicted molar refractivity (Wildman–Crippen MR) is 119 cm³/mol. The fourth-order valence-corrected chi connectivity index (χ4v) is 3.95. The molecule has 0 fully saturated rings. The molecule has 0 spiro atoms. The molecule has 4 rings (SSSR count). The Morgan fingerprint density at radius 3 is 2.50 bits per heavy atom. The number of nitrogens with one attached hydrogen (secondary N) is 1. The van der Waals surface area contributed by atoms with E-state index in [1.807, 2.05) is 4.57 Å². The Bertz CT molecular complexity index is 1290. The molecule has 0 aliphatic carbocycles. The third-order valence-electron chi connectivity index (χ3n) is 5.55. The summed E-state index contributed by atoms with van der Waals surface area (Å²) < 4.78 is 1.98. The first-order valence-corrected chi connectivity index (χ1v) is 10.5. The van der Waals surface area contributed by atoms with E-state index in [0.717, 1.165) is 36.7 Å². The number of aryl methyl sites for hydroxylation is 5. The largest absolute Gasteiger partial charge is 0.349 e. The van der Waals surface area contributed by atoms with E-state index in [1.165, 1.54) is 22.3 Å². The minimum atomic E-state index is -0.639. The Morgan fingerprint density at radius 1 is 1.00 bits per heavy atom. The first kappa shape index (κ1) is 20.0. The molecule has 0 unspecified atom stereocenters. The molecule has 2 aliphatic heterocycles. The summed E-state index contributed by atoms with van der Waals surface area (Å²) in [7, 11) is 0. The van der Waals surface area contributed by atoms with Gasteiger partial charge in [-0.15, -0.1) is 0 Å². The van der Waals surface area contributed by atoms with E-state index in [-0.39, 0.29) is 5.69 Å². The maximum atomic E-state index is 12.4. The van der Waals surface area contributed by atoms with Crippen molar-refractivity contribution in [1.82, 2.24) is 19.5 Å². The summed E-state index contributed by atoms with van der Waals surface area (Å²) in [5.41, 5.74) is 5.67. The third kappa shape index (κ3) is 3.90. The van der Waals surface area contributed by atoms with Crippen LogP contribution in [0.4, 0.5) is 0 Å². The molecule has 30 heavy (non-hydrogen) atoms. The van der Waals surface area contributed by atoms with Gasteiger partial charge in [0.2, 0.25) is 0 Å². The lowest BCUT2D eigenvalue weighted by atomic mass is 10.0. The molecule has 0 bridgehead atoms. The number of H-pyrrole nitrogens is 1. The average molecular weight is 402 g/mol. The minimum Gasteiger partial charge on any atom is -0.322 e. The van der Waals surface area contributed by atoms with Gasteiger partial charge in [0.05, 0.1) is 11.0 Å². The summed E-state index contributed by atoms with van der Waals surface area (Å²) >= 11 is 0. The zero-order valence-electron chi connectivity index (χ0n) is 17.7. The fourth-order valence-electron chi connectivity index (χ4n) is 3.95. The standard InChI is InChI=1S/C24H26N4O2/c1-4-6-18-14-19-20(13-16(18)3)28(12-5-7-17-10-8-15(2)9-11-17)22-21(25-19)23(29)27-24(30)26-22/h8-11,13-14H,4-7,12H2,1-3H3,(H,27,29,30). The van der Waals surface area contributed by atoms with Crippen LogP contribution in [0.2, 0.25) is 0 Å². The highest BCUT2D eigenvalue weighted by molar-refractivity contribution is 5.81. The monoisotopic (exact) mass is 402 g/mol. The van der Waals surface area contributed by atoms with Gasteiger partial charge in [-0.05, 0) is 61.9 Å². The molecule has 2 heterocycles. The van der Waals surface area contributed by atoms with E-state index >= 15 is 0 Å². The highest BCUT2D eigenvalue weighted by Crippen LogP contribution is 2.25. The summed E-state index contributed by atoms with van der Waals surface area (Å²) in [6.07, 6.45) is 3.76. The van der Waals surface area contributed by atoms with Crippen LogP contribution >= 0.6 is 0 Å². The lowest BCUT2D eigenvalue weighted by molar-refractivity contribution is 0.648. The average Bonchev–Trinajstić information content (AvgIpc) is 2.71. The summed E-state index contributed by atoms with van der Waals surface area (Å²) in [6, 6.07) is 12.7. The van der Waals surface area contributed by atoms with E-state index in [1.54, 1.807) is 0 Å². The number of hydrogen-bond donors (Lipinski definition) is 1. The lowest BCUT2D eigenvalue weighted by Gasteiger charge is -2.18. The van der Waals surface area contributed by atoms with E-state index in [0.29, 0.717) is 12.4 Å². The fraction of sp³-hybridized carbons (Fsp3) is 0.333. The zero-order chi connectivity index (χ0) is 21.3. The van der Waals surface area contributed by atoms with Gasteiger partial charge < -0.3 is 4.57 Å². The van der Waals surface area contributed by atoms with Crippen LogP contribution in [-0.4, -0.2) is 19.5 Å². The number of fused-ring (bicyclic) bond motifs is 2. The second-order valence-electron chi connectivity index (χ2n) is 7.91. The van der Waals surface area contributed by atoms with Crippen molar-refractivity contribution in [3.05, 3.63) is 79.5 Å². The van der Waals surface area contributed by atoms with Gasteiger partial charge in [-0.3, -0.25) is 9.78 Å². The Morgan fingerprint density at radius 2 is 1.77 bits per heavy atom. The molecule has 0 radical (unpaired) electrons. The highest BCUT2D eigenvalue weighted by atomic mass is 16.2. The van der Waals surface area contributed by atoms with Crippen molar-refractivity contribution in [1.29, 1.82) is 0 Å².